The van der Waals surface area contributed by atoms with Crippen LogP contribution in [0.25, 0.3) is 0 Å². The second-order valence-corrected chi connectivity index (χ2v) is 7.01. The Hall–Kier alpha value is -2.62. The maximum atomic E-state index is 12.7. The Labute approximate surface area is 148 Å². The maximum absolute atomic E-state index is 12.7. The predicted molar refractivity (Wildman–Crippen MR) is 101 cm³/mol. The van der Waals surface area contributed by atoms with Gasteiger partial charge in [0.2, 0.25) is 11.8 Å². The topological polar surface area (TPSA) is 49.4 Å². The van der Waals surface area contributed by atoms with E-state index in [1.807, 2.05) is 58.0 Å². The van der Waals surface area contributed by atoms with Gasteiger partial charge in [-0.15, -0.1) is 0 Å². The Bertz CT molecular complexity index is 801. The van der Waals surface area contributed by atoms with E-state index in [0.717, 1.165) is 33.6 Å². The van der Waals surface area contributed by atoms with Gasteiger partial charge in [-0.2, -0.15) is 0 Å². The summed E-state index contributed by atoms with van der Waals surface area (Å²) in [4.78, 5) is 26.9. The Kier molecular flexibility index (Phi) is 4.62. The van der Waals surface area contributed by atoms with Gasteiger partial charge in [0.25, 0.3) is 0 Å². The molecule has 25 heavy (non-hydrogen) atoms. The van der Waals surface area contributed by atoms with Crippen molar-refractivity contribution in [2.45, 2.75) is 34.1 Å². The van der Waals surface area contributed by atoms with Gasteiger partial charge in [-0.3, -0.25) is 9.59 Å². The highest BCUT2D eigenvalue weighted by molar-refractivity contribution is 6.04. The normalized spacial score (nSPS) is 17.0. The number of hydrogen-bond donors (Lipinski definition) is 1. The number of rotatable bonds is 3. The number of anilines is 2. The molecule has 1 saturated heterocycles. The fraction of sp³-hybridized carbons (Fsp3) is 0.333. The van der Waals surface area contributed by atoms with Crippen molar-refractivity contribution in [3.05, 3.63) is 58.7 Å². The number of para-hydroxylation sites is 1. The monoisotopic (exact) mass is 336 g/mol. The molecule has 1 N–H and O–H groups in total. The van der Waals surface area contributed by atoms with Crippen LogP contribution in [0.5, 0.6) is 0 Å². The summed E-state index contributed by atoms with van der Waals surface area (Å²) < 4.78 is 0. The van der Waals surface area contributed by atoms with Gasteiger partial charge in [-0.05, 0) is 62.1 Å². The molecule has 1 aliphatic rings. The fourth-order valence-corrected chi connectivity index (χ4v) is 3.48. The van der Waals surface area contributed by atoms with Gasteiger partial charge in [0.1, 0.15) is 0 Å². The Morgan fingerprint density at radius 2 is 1.64 bits per heavy atom. The minimum atomic E-state index is -0.327. The molecule has 3 rings (SSSR count). The molecule has 0 aliphatic carbocycles. The molecule has 0 radical (unpaired) electrons. The molecule has 2 aromatic rings. The predicted octanol–water partition coefficient (Wildman–Crippen LogP) is 3.91. The van der Waals surface area contributed by atoms with E-state index in [-0.39, 0.29) is 24.2 Å². The Morgan fingerprint density at radius 1 is 1.04 bits per heavy atom. The molecule has 2 aromatic carbocycles. The van der Waals surface area contributed by atoms with E-state index in [1.165, 1.54) is 0 Å². The van der Waals surface area contributed by atoms with Crippen molar-refractivity contribution in [2.24, 2.45) is 5.92 Å². The minimum Gasteiger partial charge on any atom is -0.325 e. The molecule has 0 bridgehead atoms. The van der Waals surface area contributed by atoms with Crippen molar-refractivity contribution >= 4 is 23.2 Å². The average Bonchev–Trinajstić information content (AvgIpc) is 2.92. The van der Waals surface area contributed by atoms with Crippen molar-refractivity contribution in [2.75, 3.05) is 16.8 Å². The van der Waals surface area contributed by atoms with E-state index in [1.54, 1.807) is 4.90 Å². The number of hydrogen-bond acceptors (Lipinski definition) is 2. The van der Waals surface area contributed by atoms with Gasteiger partial charge in [0.15, 0.2) is 0 Å². The third-order valence-electron chi connectivity index (χ3n) is 4.74. The summed E-state index contributed by atoms with van der Waals surface area (Å²) in [5.41, 5.74) is 6.03. The number of nitrogens with one attached hydrogen (secondary N) is 1. The van der Waals surface area contributed by atoms with Crippen LogP contribution in [-0.2, 0) is 9.59 Å². The standard InChI is InChI=1S/C21H24N2O2/c1-13-8-14(2)10-18(9-13)23-12-17(11-19(23)24)21(25)22-20-15(3)6-5-7-16(20)4/h5-10,17H,11-12H2,1-4H3,(H,22,25)/t17-/m0/s1. The first-order valence-corrected chi connectivity index (χ1v) is 8.61. The second kappa shape index (κ2) is 6.71. The first-order valence-electron chi connectivity index (χ1n) is 8.61. The van der Waals surface area contributed by atoms with Crippen molar-refractivity contribution < 1.29 is 9.59 Å². The number of carbonyl (C=O) groups is 2. The van der Waals surface area contributed by atoms with Gasteiger partial charge < -0.3 is 10.2 Å². The van der Waals surface area contributed by atoms with Gasteiger partial charge in [-0.25, -0.2) is 0 Å². The van der Waals surface area contributed by atoms with Crippen molar-refractivity contribution in [1.29, 1.82) is 0 Å². The summed E-state index contributed by atoms with van der Waals surface area (Å²) in [5.74, 6) is -0.406. The van der Waals surface area contributed by atoms with Crippen LogP contribution in [0, 0.1) is 33.6 Å². The lowest BCUT2D eigenvalue weighted by Gasteiger charge is -2.18. The summed E-state index contributed by atoms with van der Waals surface area (Å²) in [6.45, 7) is 8.41. The summed E-state index contributed by atoms with van der Waals surface area (Å²) in [5, 5.41) is 3.02. The number of aryl methyl sites for hydroxylation is 4. The van der Waals surface area contributed by atoms with Crippen molar-refractivity contribution in [1.82, 2.24) is 0 Å². The van der Waals surface area contributed by atoms with Crippen molar-refractivity contribution in [3.63, 3.8) is 0 Å². The van der Waals surface area contributed by atoms with E-state index in [4.69, 9.17) is 0 Å². The highest BCUT2D eigenvalue weighted by atomic mass is 16.2. The fourth-order valence-electron chi connectivity index (χ4n) is 3.48. The van der Waals surface area contributed by atoms with Crippen LogP contribution in [0.15, 0.2) is 36.4 Å². The molecule has 0 unspecified atom stereocenters. The third kappa shape index (κ3) is 3.58. The molecular formula is C21H24N2O2. The van der Waals surface area contributed by atoms with E-state index >= 15 is 0 Å². The molecule has 1 atom stereocenters. The van der Waals surface area contributed by atoms with Crippen LogP contribution in [0.1, 0.15) is 28.7 Å². The van der Waals surface area contributed by atoms with Crippen LogP contribution >= 0.6 is 0 Å². The first-order chi connectivity index (χ1) is 11.8. The lowest BCUT2D eigenvalue weighted by molar-refractivity contribution is -0.122. The van der Waals surface area contributed by atoms with E-state index in [0.29, 0.717) is 6.54 Å². The van der Waals surface area contributed by atoms with Gasteiger partial charge in [0, 0.05) is 24.3 Å². The summed E-state index contributed by atoms with van der Waals surface area (Å²) in [6.07, 6.45) is 0.254. The molecule has 1 fully saturated rings. The molecule has 1 heterocycles. The van der Waals surface area contributed by atoms with Crippen LogP contribution in [0.4, 0.5) is 11.4 Å². The van der Waals surface area contributed by atoms with Crippen LogP contribution in [-0.4, -0.2) is 18.4 Å². The molecule has 4 nitrogen and oxygen atoms in total. The Morgan fingerprint density at radius 3 is 2.24 bits per heavy atom. The first kappa shape index (κ1) is 17.2. The lowest BCUT2D eigenvalue weighted by atomic mass is 10.1. The SMILES string of the molecule is Cc1cc(C)cc(N2C[C@@H](C(=O)Nc3c(C)cccc3C)CC2=O)c1. The van der Waals surface area contributed by atoms with Crippen LogP contribution in [0.2, 0.25) is 0 Å². The number of amides is 2. The van der Waals surface area contributed by atoms with Gasteiger partial charge in [-0.1, -0.05) is 24.3 Å². The number of benzene rings is 2. The second-order valence-electron chi connectivity index (χ2n) is 7.01. The highest BCUT2D eigenvalue weighted by Crippen LogP contribution is 2.28. The highest BCUT2D eigenvalue weighted by Gasteiger charge is 2.35. The van der Waals surface area contributed by atoms with Gasteiger partial charge >= 0.3 is 0 Å². The van der Waals surface area contributed by atoms with E-state index in [2.05, 4.69) is 11.4 Å². The minimum absolute atomic E-state index is 0.00616. The number of carbonyl (C=O) groups excluding carboxylic acids is 2. The lowest BCUT2D eigenvalue weighted by Crippen LogP contribution is -2.28. The molecule has 4 heteroatoms. The van der Waals surface area contributed by atoms with E-state index in [9.17, 15) is 9.59 Å². The van der Waals surface area contributed by atoms with Crippen LogP contribution in [0.3, 0.4) is 0 Å². The summed E-state index contributed by atoms with van der Waals surface area (Å²) in [6, 6.07) is 12.0. The molecule has 1 aliphatic heterocycles. The zero-order chi connectivity index (χ0) is 18.1. The molecule has 0 aromatic heterocycles. The van der Waals surface area contributed by atoms with Gasteiger partial charge in [0.05, 0.1) is 5.92 Å². The molecule has 0 saturated carbocycles. The molecule has 0 spiro atoms. The zero-order valence-electron chi connectivity index (χ0n) is 15.2. The quantitative estimate of drug-likeness (QED) is 0.924. The Balaban J connectivity index is 1.77. The average molecular weight is 336 g/mol. The molecule has 2 amide bonds. The number of nitrogens with zero attached hydrogens (tertiary/aromatic N) is 1. The molecule has 130 valence electrons. The van der Waals surface area contributed by atoms with Crippen molar-refractivity contribution in [3.8, 4) is 0 Å². The maximum Gasteiger partial charge on any atom is 0.229 e. The summed E-state index contributed by atoms with van der Waals surface area (Å²) >= 11 is 0. The van der Waals surface area contributed by atoms with E-state index < -0.39 is 0 Å². The van der Waals surface area contributed by atoms with Crippen LogP contribution < -0.4 is 10.2 Å². The zero-order valence-corrected chi connectivity index (χ0v) is 15.2. The molecular weight excluding hydrogens is 312 g/mol. The largest absolute Gasteiger partial charge is 0.325 e. The summed E-state index contributed by atoms with van der Waals surface area (Å²) in [7, 11) is 0. The third-order valence-corrected chi connectivity index (χ3v) is 4.74. The smallest absolute Gasteiger partial charge is 0.229 e.